The summed E-state index contributed by atoms with van der Waals surface area (Å²) < 4.78 is 6.37. The third kappa shape index (κ3) is 4.20. The molecule has 0 aliphatic carbocycles. The van der Waals surface area contributed by atoms with Crippen LogP contribution < -0.4 is 4.90 Å². The Morgan fingerprint density at radius 1 is 0.312 bits per heavy atom. The Balaban J connectivity index is 1.17. The minimum Gasteiger partial charge on any atom is -0.456 e. The van der Waals surface area contributed by atoms with Crippen molar-refractivity contribution in [2.24, 2.45) is 0 Å². The highest BCUT2D eigenvalue weighted by atomic mass is 16.3. The van der Waals surface area contributed by atoms with E-state index in [1.54, 1.807) is 0 Å². The van der Waals surface area contributed by atoms with E-state index in [4.69, 9.17) is 4.42 Å². The van der Waals surface area contributed by atoms with Crippen LogP contribution in [-0.2, 0) is 0 Å². The second-order valence-electron chi connectivity index (χ2n) is 12.5. The molecule has 0 radical (unpaired) electrons. The van der Waals surface area contributed by atoms with Crippen molar-refractivity contribution in [3.8, 4) is 11.1 Å². The van der Waals surface area contributed by atoms with E-state index >= 15 is 0 Å². The van der Waals surface area contributed by atoms with Gasteiger partial charge in [0.25, 0.3) is 0 Å². The lowest BCUT2D eigenvalue weighted by molar-refractivity contribution is 0.669. The Labute approximate surface area is 277 Å². The van der Waals surface area contributed by atoms with Gasteiger partial charge < -0.3 is 9.32 Å². The smallest absolute Gasteiger partial charge is 0.137 e. The quantitative estimate of drug-likeness (QED) is 0.184. The molecule has 0 N–H and O–H groups in total. The van der Waals surface area contributed by atoms with Gasteiger partial charge in [0, 0.05) is 33.9 Å². The highest BCUT2D eigenvalue weighted by molar-refractivity contribution is 6.18. The predicted octanol–water partition coefficient (Wildman–Crippen LogP) is 13.3. The molecule has 0 spiro atoms. The van der Waals surface area contributed by atoms with Crippen LogP contribution in [0.5, 0.6) is 0 Å². The summed E-state index contributed by atoms with van der Waals surface area (Å²) in [5.74, 6) is 0. The van der Waals surface area contributed by atoms with Crippen LogP contribution in [0, 0.1) is 0 Å². The van der Waals surface area contributed by atoms with Crippen LogP contribution in [0.1, 0.15) is 0 Å². The fourth-order valence-corrected chi connectivity index (χ4v) is 7.51. The van der Waals surface area contributed by atoms with E-state index in [-0.39, 0.29) is 0 Å². The molecule has 0 unspecified atom stereocenters. The summed E-state index contributed by atoms with van der Waals surface area (Å²) in [4.78, 5) is 2.35. The Morgan fingerprint density at radius 2 is 0.854 bits per heavy atom. The molecule has 10 aromatic rings. The van der Waals surface area contributed by atoms with Crippen molar-refractivity contribution < 1.29 is 4.42 Å². The summed E-state index contributed by atoms with van der Waals surface area (Å²) >= 11 is 0. The summed E-state index contributed by atoms with van der Waals surface area (Å²) in [7, 11) is 0. The summed E-state index contributed by atoms with van der Waals surface area (Å²) in [6, 6.07) is 63.4. The molecule has 0 aliphatic rings. The maximum Gasteiger partial charge on any atom is 0.137 e. The van der Waals surface area contributed by atoms with E-state index < -0.39 is 0 Å². The highest BCUT2D eigenvalue weighted by Crippen LogP contribution is 2.42. The number of para-hydroxylation sites is 1. The summed E-state index contributed by atoms with van der Waals surface area (Å²) in [6.45, 7) is 0. The van der Waals surface area contributed by atoms with Gasteiger partial charge in [0.2, 0.25) is 0 Å². The van der Waals surface area contributed by atoms with Crippen molar-refractivity contribution in [2.45, 2.75) is 0 Å². The SMILES string of the molecule is c1ccc2c(-c3ccc(N(c4ccc5c(c4)oc4ccccc45)c4ccc5ccc6c7ccccc7ccc6c5c4)cc3)cccc2c1. The van der Waals surface area contributed by atoms with Gasteiger partial charge in [0.1, 0.15) is 11.2 Å². The standard InChI is InChI=1S/C46H29NO/c1-3-11-37-30(8-1)10-7-14-38(37)32-16-21-34(22-17-32)47(36-24-27-43-42-13-5-6-15-45(42)48-46(43)29-36)35-23-18-33-20-25-40-39-12-4-2-9-31(39)19-26-41(40)44(33)28-35/h1-29H. The van der Waals surface area contributed by atoms with E-state index in [2.05, 4.69) is 169 Å². The van der Waals surface area contributed by atoms with Crippen LogP contribution in [0.15, 0.2) is 180 Å². The first-order valence-electron chi connectivity index (χ1n) is 16.4. The zero-order chi connectivity index (χ0) is 31.6. The molecule has 0 saturated carbocycles. The van der Waals surface area contributed by atoms with Crippen molar-refractivity contribution in [1.29, 1.82) is 0 Å². The molecule has 224 valence electrons. The normalized spacial score (nSPS) is 11.8. The maximum absolute atomic E-state index is 6.37. The number of hydrogen-bond acceptors (Lipinski definition) is 2. The molecule has 0 fully saturated rings. The first-order valence-corrected chi connectivity index (χ1v) is 16.4. The van der Waals surface area contributed by atoms with E-state index in [0.29, 0.717) is 0 Å². The van der Waals surface area contributed by atoms with E-state index in [9.17, 15) is 0 Å². The van der Waals surface area contributed by atoms with Crippen molar-refractivity contribution in [3.05, 3.63) is 176 Å². The van der Waals surface area contributed by atoms with Crippen LogP contribution in [0.4, 0.5) is 17.1 Å². The number of nitrogens with zero attached hydrogens (tertiary/aromatic N) is 1. The molecular formula is C46H29NO. The molecular weight excluding hydrogens is 583 g/mol. The Hall–Kier alpha value is -6.38. The number of rotatable bonds is 4. The largest absolute Gasteiger partial charge is 0.456 e. The molecule has 0 aliphatic heterocycles. The van der Waals surface area contributed by atoms with Gasteiger partial charge in [0.05, 0.1) is 0 Å². The van der Waals surface area contributed by atoms with E-state index in [0.717, 1.165) is 39.0 Å². The molecule has 9 aromatic carbocycles. The molecule has 0 saturated heterocycles. The van der Waals surface area contributed by atoms with Crippen molar-refractivity contribution in [1.82, 2.24) is 0 Å². The molecule has 0 amide bonds. The molecule has 2 nitrogen and oxygen atoms in total. The van der Waals surface area contributed by atoms with Gasteiger partial charge in [-0.2, -0.15) is 0 Å². The number of benzene rings is 9. The fourth-order valence-electron chi connectivity index (χ4n) is 7.51. The average Bonchev–Trinajstić information content (AvgIpc) is 3.53. The van der Waals surface area contributed by atoms with Gasteiger partial charge in [-0.05, 0) is 96.7 Å². The first kappa shape index (κ1) is 26.8. The topological polar surface area (TPSA) is 16.4 Å². The predicted molar refractivity (Wildman–Crippen MR) is 204 cm³/mol. The number of hydrogen-bond donors (Lipinski definition) is 0. The number of furan rings is 1. The Morgan fingerprint density at radius 3 is 1.69 bits per heavy atom. The highest BCUT2D eigenvalue weighted by Gasteiger charge is 2.17. The minimum atomic E-state index is 0.879. The van der Waals surface area contributed by atoms with Gasteiger partial charge in [-0.15, -0.1) is 0 Å². The van der Waals surface area contributed by atoms with Crippen LogP contribution in [0.3, 0.4) is 0 Å². The molecule has 1 aromatic heterocycles. The minimum absolute atomic E-state index is 0.879. The summed E-state index contributed by atoms with van der Waals surface area (Å²) in [5, 5.41) is 12.3. The van der Waals surface area contributed by atoms with Gasteiger partial charge in [-0.3, -0.25) is 0 Å². The lowest BCUT2D eigenvalue weighted by Gasteiger charge is -2.26. The lowest BCUT2D eigenvalue weighted by atomic mass is 9.96. The number of anilines is 3. The third-order valence-corrected chi connectivity index (χ3v) is 9.83. The second-order valence-corrected chi connectivity index (χ2v) is 12.5. The molecule has 48 heavy (non-hydrogen) atoms. The first-order chi connectivity index (χ1) is 23.8. The Kier molecular flexibility index (Phi) is 5.91. The molecule has 0 bridgehead atoms. The van der Waals surface area contributed by atoms with Crippen LogP contribution in [0.25, 0.3) is 76.2 Å². The summed E-state index contributed by atoms with van der Waals surface area (Å²) in [6.07, 6.45) is 0. The van der Waals surface area contributed by atoms with Gasteiger partial charge in [0.15, 0.2) is 0 Å². The lowest BCUT2D eigenvalue weighted by Crippen LogP contribution is -2.09. The second kappa shape index (κ2) is 10.6. The number of fused-ring (bicyclic) bond motifs is 9. The van der Waals surface area contributed by atoms with Crippen LogP contribution in [0.2, 0.25) is 0 Å². The zero-order valence-electron chi connectivity index (χ0n) is 26.1. The Bertz CT molecular complexity index is 2840. The molecule has 10 rings (SSSR count). The summed E-state index contributed by atoms with van der Waals surface area (Å²) in [5.41, 5.74) is 7.43. The maximum atomic E-state index is 6.37. The van der Waals surface area contributed by atoms with Gasteiger partial charge in [-0.1, -0.05) is 127 Å². The van der Waals surface area contributed by atoms with Crippen LogP contribution >= 0.6 is 0 Å². The van der Waals surface area contributed by atoms with Crippen molar-refractivity contribution in [2.75, 3.05) is 4.90 Å². The fraction of sp³-hybridized carbons (Fsp3) is 0. The van der Waals surface area contributed by atoms with Gasteiger partial charge in [-0.25, -0.2) is 0 Å². The van der Waals surface area contributed by atoms with Crippen molar-refractivity contribution >= 4 is 82.1 Å². The molecule has 2 heteroatoms. The average molecular weight is 612 g/mol. The third-order valence-electron chi connectivity index (χ3n) is 9.83. The van der Waals surface area contributed by atoms with E-state index in [1.165, 1.54) is 54.2 Å². The van der Waals surface area contributed by atoms with Crippen molar-refractivity contribution in [3.63, 3.8) is 0 Å². The van der Waals surface area contributed by atoms with Crippen LogP contribution in [-0.4, -0.2) is 0 Å². The zero-order valence-corrected chi connectivity index (χ0v) is 26.1. The monoisotopic (exact) mass is 611 g/mol. The molecule has 1 heterocycles. The van der Waals surface area contributed by atoms with E-state index in [1.807, 2.05) is 12.1 Å². The van der Waals surface area contributed by atoms with Gasteiger partial charge >= 0.3 is 0 Å². The molecule has 0 atom stereocenters.